The number of hydrogen-bond donors (Lipinski definition) is 1. The van der Waals surface area contributed by atoms with Crippen LogP contribution in [-0.4, -0.2) is 23.3 Å². The van der Waals surface area contributed by atoms with Crippen LogP contribution in [0.3, 0.4) is 0 Å². The molecule has 1 aromatic heterocycles. The van der Waals surface area contributed by atoms with Crippen molar-refractivity contribution in [3.63, 3.8) is 0 Å². The predicted octanol–water partition coefficient (Wildman–Crippen LogP) is 3.90. The lowest BCUT2D eigenvalue weighted by Gasteiger charge is -2.22. The topological polar surface area (TPSA) is 62.3 Å². The van der Waals surface area contributed by atoms with Crippen LogP contribution < -0.4 is 10.2 Å². The molecule has 152 valence electrons. The number of nitrogens with one attached hydrogen (secondary N) is 1. The van der Waals surface area contributed by atoms with E-state index in [0.29, 0.717) is 6.54 Å². The molecule has 1 aliphatic heterocycles. The first kappa shape index (κ1) is 19.8. The molecule has 0 spiro atoms. The summed E-state index contributed by atoms with van der Waals surface area (Å²) in [6.45, 7) is 2.50. The zero-order valence-electron chi connectivity index (χ0n) is 17.0. The molecule has 0 saturated carbocycles. The summed E-state index contributed by atoms with van der Waals surface area (Å²) >= 11 is 0. The molecule has 0 radical (unpaired) electrons. The lowest BCUT2D eigenvalue weighted by molar-refractivity contribution is -0.126. The third-order valence-corrected chi connectivity index (χ3v) is 5.61. The molecule has 4 rings (SSSR count). The molecule has 30 heavy (non-hydrogen) atoms. The van der Waals surface area contributed by atoms with E-state index in [9.17, 15) is 9.59 Å². The number of carbonyl (C=O) groups is 2. The fourth-order valence-electron chi connectivity index (χ4n) is 3.86. The summed E-state index contributed by atoms with van der Waals surface area (Å²) in [7, 11) is 0. The largest absolute Gasteiger partial charge is 0.345 e. The van der Waals surface area contributed by atoms with Crippen LogP contribution in [0, 0.1) is 5.92 Å². The highest BCUT2D eigenvalue weighted by Gasteiger charge is 2.36. The van der Waals surface area contributed by atoms with Crippen molar-refractivity contribution in [3.8, 4) is 0 Å². The summed E-state index contributed by atoms with van der Waals surface area (Å²) in [6, 6.07) is 21.4. The molecule has 0 aliphatic carbocycles. The molecule has 2 unspecified atom stereocenters. The van der Waals surface area contributed by atoms with Gasteiger partial charge >= 0.3 is 0 Å². The molecule has 2 amide bonds. The van der Waals surface area contributed by atoms with E-state index in [1.165, 1.54) is 5.56 Å². The number of carbonyl (C=O) groups excluding carboxylic acids is 2. The van der Waals surface area contributed by atoms with Crippen LogP contribution in [0.25, 0.3) is 0 Å². The lowest BCUT2D eigenvalue weighted by atomic mass is 9.98. The molecule has 1 fully saturated rings. The molecule has 1 saturated heterocycles. The number of nitrogens with zero attached hydrogens (tertiary/aromatic N) is 2. The van der Waals surface area contributed by atoms with Gasteiger partial charge in [-0.3, -0.25) is 14.6 Å². The third-order valence-electron chi connectivity index (χ3n) is 5.61. The Morgan fingerprint density at radius 2 is 1.70 bits per heavy atom. The van der Waals surface area contributed by atoms with Gasteiger partial charge in [0.25, 0.3) is 0 Å². The van der Waals surface area contributed by atoms with Crippen molar-refractivity contribution in [1.29, 1.82) is 0 Å². The Kier molecular flexibility index (Phi) is 5.89. The van der Waals surface area contributed by atoms with Crippen LogP contribution in [0.4, 0.5) is 5.69 Å². The maximum absolute atomic E-state index is 13.1. The minimum Gasteiger partial charge on any atom is -0.345 e. The Morgan fingerprint density at radius 3 is 2.37 bits per heavy atom. The quantitative estimate of drug-likeness (QED) is 0.684. The summed E-state index contributed by atoms with van der Waals surface area (Å²) in [5, 5.41) is 3.16. The second-order valence-corrected chi connectivity index (χ2v) is 7.56. The van der Waals surface area contributed by atoms with Gasteiger partial charge in [0.15, 0.2) is 0 Å². The van der Waals surface area contributed by atoms with E-state index in [1.54, 1.807) is 17.3 Å². The van der Waals surface area contributed by atoms with Crippen molar-refractivity contribution < 1.29 is 9.59 Å². The number of rotatable bonds is 6. The maximum Gasteiger partial charge on any atom is 0.227 e. The molecule has 2 aromatic carbocycles. The van der Waals surface area contributed by atoms with Crippen LogP contribution >= 0.6 is 0 Å². The fraction of sp³-hybridized carbons (Fsp3) is 0.240. The number of hydrogen-bond acceptors (Lipinski definition) is 3. The summed E-state index contributed by atoms with van der Waals surface area (Å²) in [6.07, 6.45) is 4.62. The molecule has 2 heterocycles. The summed E-state index contributed by atoms with van der Waals surface area (Å²) < 4.78 is 0. The molecule has 1 N–H and O–H groups in total. The van der Waals surface area contributed by atoms with Crippen LogP contribution in [0.15, 0.2) is 79.1 Å². The second kappa shape index (κ2) is 8.91. The van der Waals surface area contributed by atoms with Gasteiger partial charge < -0.3 is 10.2 Å². The molecule has 0 bridgehead atoms. The van der Waals surface area contributed by atoms with Gasteiger partial charge in [-0.05, 0) is 47.4 Å². The second-order valence-electron chi connectivity index (χ2n) is 7.56. The molecule has 1 aliphatic rings. The Hall–Kier alpha value is -3.47. The van der Waals surface area contributed by atoms with Gasteiger partial charge in [0.1, 0.15) is 0 Å². The molecular weight excluding hydrogens is 374 g/mol. The van der Waals surface area contributed by atoms with Gasteiger partial charge in [0.05, 0.1) is 12.0 Å². The standard InChI is InChI=1S/C25H25N3O2/c1-2-18-8-10-22(11-9-18)28-17-21(16-23(28)29)25(30)27-24(19-6-4-3-5-7-19)20-12-14-26-15-13-20/h3-15,21,24H,2,16-17H2,1H3,(H,27,30). The van der Waals surface area contributed by atoms with Crippen molar-refractivity contribution in [2.75, 3.05) is 11.4 Å². The van der Waals surface area contributed by atoms with E-state index in [-0.39, 0.29) is 30.2 Å². The number of benzene rings is 2. The van der Waals surface area contributed by atoms with Gasteiger partial charge in [-0.2, -0.15) is 0 Å². The van der Waals surface area contributed by atoms with Crippen molar-refractivity contribution in [2.24, 2.45) is 5.92 Å². The van der Waals surface area contributed by atoms with E-state index in [1.807, 2.05) is 66.7 Å². The average molecular weight is 399 g/mol. The first-order chi connectivity index (χ1) is 14.7. The first-order valence-corrected chi connectivity index (χ1v) is 10.3. The van der Waals surface area contributed by atoms with Gasteiger partial charge in [0, 0.05) is 31.0 Å². The molecule has 5 nitrogen and oxygen atoms in total. The minimum absolute atomic E-state index is 0.0143. The lowest BCUT2D eigenvalue weighted by Crippen LogP contribution is -2.36. The summed E-state index contributed by atoms with van der Waals surface area (Å²) in [5.74, 6) is -0.502. The van der Waals surface area contributed by atoms with E-state index in [2.05, 4.69) is 17.2 Å². The van der Waals surface area contributed by atoms with Crippen LogP contribution in [0.5, 0.6) is 0 Å². The Bertz CT molecular complexity index is 964. The average Bonchev–Trinajstić information content (AvgIpc) is 3.20. The normalized spacial score (nSPS) is 17.0. The number of aryl methyl sites for hydroxylation is 1. The van der Waals surface area contributed by atoms with Crippen molar-refractivity contribution in [3.05, 3.63) is 95.8 Å². The number of amides is 2. The highest BCUT2D eigenvalue weighted by atomic mass is 16.2. The van der Waals surface area contributed by atoms with Gasteiger partial charge in [0.2, 0.25) is 11.8 Å². The Balaban J connectivity index is 1.51. The smallest absolute Gasteiger partial charge is 0.227 e. The predicted molar refractivity (Wildman–Crippen MR) is 117 cm³/mol. The van der Waals surface area contributed by atoms with Gasteiger partial charge in [-0.15, -0.1) is 0 Å². The molecule has 2 atom stereocenters. The Morgan fingerprint density at radius 1 is 1.03 bits per heavy atom. The monoisotopic (exact) mass is 399 g/mol. The number of pyridine rings is 1. The number of aromatic nitrogens is 1. The third kappa shape index (κ3) is 4.25. The van der Waals surface area contributed by atoms with Crippen LogP contribution in [-0.2, 0) is 16.0 Å². The molecular formula is C25H25N3O2. The maximum atomic E-state index is 13.1. The zero-order valence-corrected chi connectivity index (χ0v) is 17.0. The summed E-state index contributed by atoms with van der Waals surface area (Å²) in [5.41, 5.74) is 4.03. The van der Waals surface area contributed by atoms with E-state index in [4.69, 9.17) is 0 Å². The zero-order chi connectivity index (χ0) is 20.9. The van der Waals surface area contributed by atoms with Crippen molar-refractivity contribution in [2.45, 2.75) is 25.8 Å². The Labute approximate surface area is 176 Å². The molecule has 5 heteroatoms. The van der Waals surface area contributed by atoms with Crippen LogP contribution in [0.2, 0.25) is 0 Å². The van der Waals surface area contributed by atoms with E-state index in [0.717, 1.165) is 23.2 Å². The highest BCUT2D eigenvalue weighted by molar-refractivity contribution is 6.00. The SMILES string of the molecule is CCc1ccc(N2CC(C(=O)NC(c3ccccc3)c3ccncc3)CC2=O)cc1. The fourth-order valence-corrected chi connectivity index (χ4v) is 3.86. The minimum atomic E-state index is -0.378. The highest BCUT2D eigenvalue weighted by Crippen LogP contribution is 2.28. The first-order valence-electron chi connectivity index (χ1n) is 10.3. The van der Waals surface area contributed by atoms with Gasteiger partial charge in [-0.25, -0.2) is 0 Å². The van der Waals surface area contributed by atoms with Crippen LogP contribution in [0.1, 0.15) is 36.1 Å². The summed E-state index contributed by atoms with van der Waals surface area (Å²) in [4.78, 5) is 31.5. The van der Waals surface area contributed by atoms with Crippen molar-refractivity contribution in [1.82, 2.24) is 10.3 Å². The molecule has 3 aromatic rings. The van der Waals surface area contributed by atoms with E-state index < -0.39 is 0 Å². The number of anilines is 1. The van der Waals surface area contributed by atoms with Crippen molar-refractivity contribution >= 4 is 17.5 Å². The van der Waals surface area contributed by atoms with Gasteiger partial charge in [-0.1, -0.05) is 49.4 Å². The van der Waals surface area contributed by atoms with E-state index >= 15 is 0 Å².